The van der Waals surface area contributed by atoms with Crippen molar-refractivity contribution in [2.24, 2.45) is 0 Å². The Balaban J connectivity index is 0. The normalized spacial score (nSPS) is 7.20. The number of hydrogen-bond acceptors (Lipinski definition) is 0. The van der Waals surface area contributed by atoms with Crippen molar-refractivity contribution < 1.29 is 39.4 Å². The molecule has 0 aromatic rings. The molecule has 0 nitrogen and oxygen atoms in total. The van der Waals surface area contributed by atoms with Crippen molar-refractivity contribution >= 4 is 0 Å². The summed E-state index contributed by atoms with van der Waals surface area (Å²) in [5.41, 5.74) is 0. The Bertz CT molecular complexity index is 11.6. The van der Waals surface area contributed by atoms with Gasteiger partial charge in [0.15, 0.2) is 0 Å². The van der Waals surface area contributed by atoms with E-state index in [4.69, 9.17) is 0 Å². The number of rotatable bonds is 0. The van der Waals surface area contributed by atoms with Crippen LogP contribution in [0.25, 0.3) is 0 Å². The molecule has 0 atom stereocenters. The van der Waals surface area contributed by atoms with E-state index in [1.807, 2.05) is 0 Å². The van der Waals surface area contributed by atoms with E-state index in [0.717, 1.165) is 0 Å². The van der Waals surface area contributed by atoms with Crippen LogP contribution in [0.4, 0.5) is 13.2 Å². The van der Waals surface area contributed by atoms with Crippen molar-refractivity contribution in [3.05, 3.63) is 6.68 Å². The molecule has 0 aliphatic carbocycles. The fourth-order valence-electron chi connectivity index (χ4n) is 0. The van der Waals surface area contributed by atoms with Crippen molar-refractivity contribution in [3.8, 4) is 0 Å². The molecular weight excluding hydrogens is 279 g/mol. The van der Waals surface area contributed by atoms with E-state index in [0.29, 0.717) is 0 Å². The Morgan fingerprint density at radius 2 is 1.00 bits per heavy atom. The van der Waals surface area contributed by atoms with Gasteiger partial charge in [-0.1, -0.05) is 0 Å². The van der Waals surface area contributed by atoms with Crippen LogP contribution in [0.2, 0.25) is 0 Å². The molecule has 0 fully saturated rings. The molecule has 0 aromatic carbocycles. The molecular formula is CHAtF3. The summed E-state index contributed by atoms with van der Waals surface area (Å²) in [5, 5.41) is 0. The molecule has 0 N–H and O–H groups in total. The maximum absolute atomic E-state index is 9.58. The van der Waals surface area contributed by atoms with Gasteiger partial charge in [0.2, 0.25) is 0 Å². The Kier molecular flexibility index (Phi) is 8.58. The SMILES string of the molecule is F[C](F)F.[AtH]. The molecule has 0 aliphatic heterocycles. The average Bonchev–Trinajstić information content (AvgIpc) is 0.811. The third-order valence-corrected chi connectivity index (χ3v) is 0. The topological polar surface area (TPSA) is 0 Å². The molecule has 1 radical (unpaired) electrons. The van der Waals surface area contributed by atoms with Crippen LogP contribution in [0, 0.1) is 32.9 Å². The average molecular weight is 280 g/mol. The van der Waals surface area contributed by atoms with Crippen molar-refractivity contribution in [3.63, 3.8) is 0 Å². The molecule has 5 heavy (non-hydrogen) atoms. The second-order valence-corrected chi connectivity index (χ2v) is 0.214. The first-order valence-electron chi connectivity index (χ1n) is 0.567. The van der Waals surface area contributed by atoms with Crippen molar-refractivity contribution in [1.29, 1.82) is 0 Å². The molecule has 0 aromatic heterocycles. The van der Waals surface area contributed by atoms with Crippen LogP contribution in [0.1, 0.15) is 0 Å². The third kappa shape index (κ3) is 73.7. The van der Waals surface area contributed by atoms with E-state index in [1.165, 1.54) is 0 Å². The summed E-state index contributed by atoms with van der Waals surface area (Å²) in [6.45, 7) is -3.08. The van der Waals surface area contributed by atoms with Crippen LogP contribution >= 0.6 is 0 Å². The minimum absolute atomic E-state index is 0. The van der Waals surface area contributed by atoms with Gasteiger partial charge in [-0.05, 0) is 0 Å². The Morgan fingerprint density at radius 1 is 1.00 bits per heavy atom. The second kappa shape index (κ2) is 4.67. The molecule has 0 heterocycles. The van der Waals surface area contributed by atoms with Gasteiger partial charge in [-0.2, -0.15) is 13.2 Å². The second-order valence-electron chi connectivity index (χ2n) is 0.214. The predicted molar refractivity (Wildman–Crippen MR) is 7.96 cm³/mol. The molecule has 0 saturated carbocycles. The zero-order valence-electron chi connectivity index (χ0n) is 2.04. The van der Waals surface area contributed by atoms with Crippen LogP contribution < -0.4 is 0 Å². The Labute approximate surface area is 46.5 Å². The summed E-state index contributed by atoms with van der Waals surface area (Å²) in [6.07, 6.45) is 0. The molecule has 4 heteroatoms. The monoisotopic (exact) mass is 280 g/mol. The van der Waals surface area contributed by atoms with E-state index in [-0.39, 0.29) is 26.2 Å². The predicted octanol–water partition coefficient (Wildman–Crippen LogP) is 1.07. The van der Waals surface area contributed by atoms with E-state index < -0.39 is 6.68 Å². The number of hydrogen-bond donors (Lipinski definition) is 0. The van der Waals surface area contributed by atoms with Crippen LogP contribution in [-0.4, -0.2) is 0 Å². The zero-order valence-corrected chi connectivity index (χ0v) is 5.22. The van der Waals surface area contributed by atoms with E-state index in [1.54, 1.807) is 0 Å². The minimum atomic E-state index is -3.08. The van der Waals surface area contributed by atoms with Gasteiger partial charge in [0, 0.05) is 0 Å². The van der Waals surface area contributed by atoms with Gasteiger partial charge in [0.1, 0.15) is 0 Å². The fourth-order valence-corrected chi connectivity index (χ4v) is 0. The van der Waals surface area contributed by atoms with Crippen LogP contribution in [0.3, 0.4) is 0 Å². The van der Waals surface area contributed by atoms with Gasteiger partial charge in [-0.15, -0.1) is 0 Å². The Morgan fingerprint density at radius 3 is 1.00 bits per heavy atom. The Hall–Kier alpha value is 0.673. The van der Waals surface area contributed by atoms with Crippen molar-refractivity contribution in [2.75, 3.05) is 0 Å². The van der Waals surface area contributed by atoms with Gasteiger partial charge in [0.05, 0.1) is 0 Å². The maximum atomic E-state index is 9.58. The quantitative estimate of drug-likeness (QED) is 0.623. The van der Waals surface area contributed by atoms with E-state index in [2.05, 4.69) is 0 Å². The first kappa shape index (κ1) is 9.18. The van der Waals surface area contributed by atoms with Crippen LogP contribution in [0.15, 0.2) is 0 Å². The molecule has 0 aliphatic rings. The summed E-state index contributed by atoms with van der Waals surface area (Å²) < 4.78 is 28.8. The summed E-state index contributed by atoms with van der Waals surface area (Å²) in [5.74, 6) is 0. The van der Waals surface area contributed by atoms with Gasteiger partial charge < -0.3 is 0 Å². The van der Waals surface area contributed by atoms with Gasteiger partial charge >= 0.3 is 32.9 Å². The van der Waals surface area contributed by atoms with E-state index >= 15 is 0 Å². The summed E-state index contributed by atoms with van der Waals surface area (Å²) in [4.78, 5) is 0. The van der Waals surface area contributed by atoms with E-state index in [9.17, 15) is 13.2 Å². The summed E-state index contributed by atoms with van der Waals surface area (Å²) in [6, 6.07) is 0. The van der Waals surface area contributed by atoms with Crippen molar-refractivity contribution in [2.45, 2.75) is 0 Å². The zero-order chi connectivity index (χ0) is 3.58. The van der Waals surface area contributed by atoms with Gasteiger partial charge in [-0.3, -0.25) is 0 Å². The first-order chi connectivity index (χ1) is 1.73. The molecule has 0 saturated heterocycles. The molecule has 0 rings (SSSR count). The molecule has 0 unspecified atom stereocenters. The van der Waals surface area contributed by atoms with Gasteiger partial charge in [-0.25, -0.2) is 0 Å². The molecule has 0 bridgehead atoms. The van der Waals surface area contributed by atoms with Crippen LogP contribution in [0.5, 0.6) is 0 Å². The molecule has 0 amide bonds. The summed E-state index contributed by atoms with van der Waals surface area (Å²) in [7, 11) is 0. The van der Waals surface area contributed by atoms with Gasteiger partial charge in [0.25, 0.3) is 0 Å². The standard InChI is InChI=1S/CF3.AtH/c2-1(3)4;/h;1H. The van der Waals surface area contributed by atoms with Crippen molar-refractivity contribution in [1.82, 2.24) is 0 Å². The molecule has 33 valence electrons. The number of halogens is 3. The van der Waals surface area contributed by atoms with Crippen LogP contribution in [-0.2, 0) is 0 Å². The molecule has 0 spiro atoms. The first-order valence-corrected chi connectivity index (χ1v) is 0.567. The fraction of sp³-hybridized carbons (Fsp3) is 0. The summed E-state index contributed by atoms with van der Waals surface area (Å²) >= 11 is 0. The third-order valence-electron chi connectivity index (χ3n) is 0.